The molecule has 0 spiro atoms. The van der Waals surface area contributed by atoms with Gasteiger partial charge in [-0.25, -0.2) is 9.18 Å². The quantitative estimate of drug-likeness (QED) is 0.142. The zero-order valence-corrected chi connectivity index (χ0v) is 18.4. The van der Waals surface area contributed by atoms with Crippen molar-refractivity contribution in [1.29, 1.82) is 0 Å². The van der Waals surface area contributed by atoms with Crippen molar-refractivity contribution < 1.29 is 23.5 Å². The van der Waals surface area contributed by atoms with Crippen molar-refractivity contribution in [2.45, 2.75) is 20.8 Å². The number of rotatable bonds is 6. The summed E-state index contributed by atoms with van der Waals surface area (Å²) < 4.78 is 24.5. The smallest absolute Gasteiger partial charge is 0.338 e. The molecule has 0 heterocycles. The standard InChI is InChI=1S/C23H17FO4.C4H8/c1-15(2)23(26)28-20-10-3-16(4-11-20)18-7-12-21(22(24)13-18)17-5-8-19(9-6-17)27-14-25;1-4(2)3/h3-14H,1H2,2H3;1H2,2-3H3. The van der Waals surface area contributed by atoms with Gasteiger partial charge in [0.15, 0.2) is 0 Å². The first-order valence-corrected chi connectivity index (χ1v) is 9.81. The molecule has 0 radical (unpaired) electrons. The van der Waals surface area contributed by atoms with Crippen LogP contribution in [0.25, 0.3) is 22.3 Å². The first kappa shape index (κ1) is 24.3. The van der Waals surface area contributed by atoms with Gasteiger partial charge in [0, 0.05) is 11.1 Å². The maximum atomic E-state index is 14.6. The van der Waals surface area contributed by atoms with Gasteiger partial charge in [-0.2, -0.15) is 0 Å². The molecule has 0 bridgehead atoms. The fourth-order valence-corrected chi connectivity index (χ4v) is 2.61. The summed E-state index contributed by atoms with van der Waals surface area (Å²) in [7, 11) is 0. The minimum absolute atomic E-state index is 0.312. The van der Waals surface area contributed by atoms with E-state index in [1.807, 2.05) is 19.9 Å². The molecule has 0 atom stereocenters. The highest BCUT2D eigenvalue weighted by molar-refractivity contribution is 5.88. The van der Waals surface area contributed by atoms with Crippen LogP contribution in [-0.4, -0.2) is 12.4 Å². The Labute approximate surface area is 187 Å². The molecule has 0 N–H and O–H groups in total. The van der Waals surface area contributed by atoms with Gasteiger partial charge in [0.2, 0.25) is 0 Å². The van der Waals surface area contributed by atoms with Crippen LogP contribution in [0.15, 0.2) is 91.0 Å². The van der Waals surface area contributed by atoms with Crippen molar-refractivity contribution in [2.75, 3.05) is 0 Å². The molecule has 3 aromatic carbocycles. The SMILES string of the molecule is C=C(C)C.C=C(C)C(=O)Oc1ccc(-c2ccc(-c3ccc(OC=O)cc3)c(F)c2)cc1. The van der Waals surface area contributed by atoms with Gasteiger partial charge in [-0.05, 0) is 67.8 Å². The summed E-state index contributed by atoms with van der Waals surface area (Å²) in [5, 5.41) is 0. The van der Waals surface area contributed by atoms with Crippen LogP contribution in [0.3, 0.4) is 0 Å². The van der Waals surface area contributed by atoms with Crippen LogP contribution in [0.4, 0.5) is 4.39 Å². The van der Waals surface area contributed by atoms with Crippen LogP contribution in [0.2, 0.25) is 0 Å². The van der Waals surface area contributed by atoms with Gasteiger partial charge in [-0.1, -0.05) is 48.6 Å². The molecule has 0 saturated heterocycles. The minimum atomic E-state index is -0.493. The second-order valence-corrected chi connectivity index (χ2v) is 7.33. The van der Waals surface area contributed by atoms with Gasteiger partial charge >= 0.3 is 5.97 Å². The topological polar surface area (TPSA) is 52.6 Å². The van der Waals surface area contributed by atoms with Crippen LogP contribution >= 0.6 is 0 Å². The lowest BCUT2D eigenvalue weighted by Crippen LogP contribution is -2.07. The van der Waals surface area contributed by atoms with Crippen molar-refractivity contribution in [3.63, 3.8) is 0 Å². The predicted octanol–water partition coefficient (Wildman–Crippen LogP) is 6.76. The zero-order valence-electron chi connectivity index (χ0n) is 18.4. The summed E-state index contributed by atoms with van der Waals surface area (Å²) in [6.45, 7) is 13.0. The molecule has 0 aliphatic rings. The van der Waals surface area contributed by atoms with Crippen LogP contribution in [0.5, 0.6) is 11.5 Å². The number of hydrogen-bond donors (Lipinski definition) is 0. The molecule has 3 aromatic rings. The van der Waals surface area contributed by atoms with Gasteiger partial charge in [-0.15, -0.1) is 6.58 Å². The van der Waals surface area contributed by atoms with E-state index in [4.69, 9.17) is 9.47 Å². The highest BCUT2D eigenvalue weighted by Gasteiger charge is 2.09. The number of carbonyl (C=O) groups is 2. The number of carbonyl (C=O) groups excluding carboxylic acids is 2. The van der Waals surface area contributed by atoms with Gasteiger partial charge in [0.25, 0.3) is 6.47 Å². The van der Waals surface area contributed by atoms with Crippen molar-refractivity contribution in [3.05, 3.63) is 96.9 Å². The Balaban J connectivity index is 0.000000837. The van der Waals surface area contributed by atoms with Crippen molar-refractivity contribution in [1.82, 2.24) is 0 Å². The van der Waals surface area contributed by atoms with Crippen LogP contribution in [-0.2, 0) is 9.59 Å². The molecule has 0 amide bonds. The van der Waals surface area contributed by atoms with Gasteiger partial charge in [0.05, 0.1) is 0 Å². The van der Waals surface area contributed by atoms with Gasteiger partial charge in [-0.3, -0.25) is 4.79 Å². The molecule has 4 nitrogen and oxygen atoms in total. The van der Waals surface area contributed by atoms with E-state index in [0.717, 1.165) is 5.56 Å². The normalized spacial score (nSPS) is 9.75. The van der Waals surface area contributed by atoms with Crippen molar-refractivity contribution in [3.8, 4) is 33.8 Å². The highest BCUT2D eigenvalue weighted by atomic mass is 19.1. The molecular formula is C27H25FO4. The fraction of sp³-hybridized carbons (Fsp3) is 0.111. The molecule has 3 rings (SSSR count). The molecule has 0 aliphatic carbocycles. The molecule has 0 aromatic heterocycles. The number of benzene rings is 3. The molecule has 32 heavy (non-hydrogen) atoms. The predicted molar refractivity (Wildman–Crippen MR) is 125 cm³/mol. The summed E-state index contributed by atoms with van der Waals surface area (Å²) in [5.41, 5.74) is 4.07. The summed E-state index contributed by atoms with van der Waals surface area (Å²) in [6.07, 6.45) is 0. The molecule has 0 fully saturated rings. The Morgan fingerprint density at radius 1 is 0.812 bits per heavy atom. The molecule has 0 aliphatic heterocycles. The van der Waals surface area contributed by atoms with Crippen LogP contribution in [0.1, 0.15) is 20.8 Å². The molecular weight excluding hydrogens is 407 g/mol. The Hall–Kier alpha value is -3.99. The van der Waals surface area contributed by atoms with E-state index in [0.29, 0.717) is 40.2 Å². The van der Waals surface area contributed by atoms with E-state index < -0.39 is 5.97 Å². The average Bonchev–Trinajstić information content (AvgIpc) is 2.75. The Morgan fingerprint density at radius 2 is 1.31 bits per heavy atom. The summed E-state index contributed by atoms with van der Waals surface area (Å²) in [5.74, 6) is -0.0817. The summed E-state index contributed by atoms with van der Waals surface area (Å²) in [4.78, 5) is 21.9. The second kappa shape index (κ2) is 11.4. The Morgan fingerprint density at radius 3 is 1.81 bits per heavy atom. The number of allylic oxidation sites excluding steroid dienone is 1. The fourth-order valence-electron chi connectivity index (χ4n) is 2.61. The summed E-state index contributed by atoms with van der Waals surface area (Å²) in [6, 6.07) is 18.3. The lowest BCUT2D eigenvalue weighted by molar-refractivity contribution is -0.130. The first-order valence-electron chi connectivity index (χ1n) is 9.81. The van der Waals surface area contributed by atoms with Crippen LogP contribution < -0.4 is 9.47 Å². The van der Waals surface area contributed by atoms with E-state index >= 15 is 0 Å². The Kier molecular flexibility index (Phi) is 8.66. The lowest BCUT2D eigenvalue weighted by atomic mass is 9.99. The van der Waals surface area contributed by atoms with Crippen molar-refractivity contribution >= 4 is 12.4 Å². The number of esters is 1. The minimum Gasteiger partial charge on any atom is -0.429 e. The van der Waals surface area contributed by atoms with Crippen LogP contribution in [0, 0.1) is 5.82 Å². The summed E-state index contributed by atoms with van der Waals surface area (Å²) >= 11 is 0. The van der Waals surface area contributed by atoms with Gasteiger partial charge in [0.1, 0.15) is 17.3 Å². The third-order valence-corrected chi connectivity index (χ3v) is 4.07. The number of halogens is 1. The Bertz CT molecular complexity index is 1110. The lowest BCUT2D eigenvalue weighted by Gasteiger charge is -2.09. The monoisotopic (exact) mass is 432 g/mol. The maximum absolute atomic E-state index is 14.6. The van der Waals surface area contributed by atoms with E-state index in [9.17, 15) is 14.0 Å². The third kappa shape index (κ3) is 7.06. The van der Waals surface area contributed by atoms with Gasteiger partial charge < -0.3 is 9.47 Å². The molecule has 164 valence electrons. The average molecular weight is 432 g/mol. The second-order valence-electron chi connectivity index (χ2n) is 7.33. The first-order chi connectivity index (χ1) is 15.2. The molecule has 0 saturated carbocycles. The molecule has 5 heteroatoms. The van der Waals surface area contributed by atoms with E-state index in [-0.39, 0.29) is 5.82 Å². The zero-order chi connectivity index (χ0) is 23.7. The maximum Gasteiger partial charge on any atom is 0.338 e. The largest absolute Gasteiger partial charge is 0.429 e. The van der Waals surface area contributed by atoms with E-state index in [2.05, 4.69) is 13.2 Å². The van der Waals surface area contributed by atoms with E-state index in [1.54, 1.807) is 61.5 Å². The van der Waals surface area contributed by atoms with Crippen molar-refractivity contribution in [2.24, 2.45) is 0 Å². The third-order valence-electron chi connectivity index (χ3n) is 4.07. The number of ether oxygens (including phenoxy) is 2. The highest BCUT2D eigenvalue weighted by Crippen LogP contribution is 2.30. The molecule has 0 unspecified atom stereocenters. The number of hydrogen-bond acceptors (Lipinski definition) is 4. The van der Waals surface area contributed by atoms with E-state index in [1.165, 1.54) is 11.6 Å².